The first-order valence-electron chi connectivity index (χ1n) is 11.9. The summed E-state index contributed by atoms with van der Waals surface area (Å²) in [5.74, 6) is -1.28. The molecule has 4 aromatic rings. The summed E-state index contributed by atoms with van der Waals surface area (Å²) in [5, 5.41) is 23.4. The minimum atomic E-state index is -0.758. The quantitative estimate of drug-likeness (QED) is 0.246. The molecule has 35 heavy (non-hydrogen) atoms. The van der Waals surface area contributed by atoms with Crippen molar-refractivity contribution in [2.24, 2.45) is 11.7 Å². The third-order valence-corrected chi connectivity index (χ3v) is 7.07. The number of rotatable bonds is 6. The zero-order valence-corrected chi connectivity index (χ0v) is 19.3. The molecular weight excluding hydrogens is 440 g/mol. The van der Waals surface area contributed by atoms with E-state index in [0.717, 1.165) is 27.2 Å². The second kappa shape index (κ2) is 9.25. The first-order valence-corrected chi connectivity index (χ1v) is 11.9. The Hall–Kier alpha value is -4.13. The molecule has 7 nitrogen and oxygen atoms in total. The van der Waals surface area contributed by atoms with E-state index in [1.165, 1.54) is 0 Å². The molecule has 5 rings (SSSR count). The van der Waals surface area contributed by atoms with E-state index in [9.17, 15) is 14.7 Å². The van der Waals surface area contributed by atoms with Crippen molar-refractivity contribution in [2.75, 3.05) is 0 Å². The van der Waals surface area contributed by atoms with Crippen LogP contribution in [-0.2, 0) is 11.3 Å². The Morgan fingerprint density at radius 1 is 0.971 bits per heavy atom. The van der Waals surface area contributed by atoms with Crippen LogP contribution in [0.15, 0.2) is 66.7 Å². The molecule has 0 bridgehead atoms. The summed E-state index contributed by atoms with van der Waals surface area (Å²) in [6, 6.07) is 21.7. The van der Waals surface area contributed by atoms with Crippen molar-refractivity contribution in [1.82, 2.24) is 9.88 Å². The molecular formula is C28H28N4O3. The highest BCUT2D eigenvalue weighted by Gasteiger charge is 2.28. The highest BCUT2D eigenvalue weighted by atomic mass is 16.4. The smallest absolute Gasteiger partial charge is 0.306 e. The minimum absolute atomic E-state index is 0.0222. The Bertz CT molecular complexity index is 1440. The van der Waals surface area contributed by atoms with E-state index in [4.69, 9.17) is 11.1 Å². The van der Waals surface area contributed by atoms with Gasteiger partial charge < -0.3 is 20.7 Å². The third-order valence-electron chi connectivity index (χ3n) is 7.07. The molecule has 1 aliphatic carbocycles. The zero-order valence-electron chi connectivity index (χ0n) is 19.3. The largest absolute Gasteiger partial charge is 0.481 e. The molecule has 0 radical (unpaired) electrons. The van der Waals surface area contributed by atoms with E-state index in [1.807, 2.05) is 41.0 Å². The maximum absolute atomic E-state index is 13.5. The number of nitrogens with zero attached hydrogens (tertiary/aromatic N) is 1. The van der Waals surface area contributed by atoms with E-state index >= 15 is 0 Å². The lowest BCUT2D eigenvalue weighted by Gasteiger charge is -2.27. The van der Waals surface area contributed by atoms with E-state index in [1.54, 1.807) is 6.07 Å². The zero-order chi connectivity index (χ0) is 24.5. The third kappa shape index (κ3) is 4.49. The minimum Gasteiger partial charge on any atom is -0.481 e. The SMILES string of the molecule is N=C(N)c1ccc2cc(C(=O)N[C@H]3CC[C@H](C(=O)O)CC3)n(Cc3cccc4ccccc34)c2c1. The number of amidine groups is 1. The van der Waals surface area contributed by atoms with E-state index in [-0.39, 0.29) is 23.7 Å². The summed E-state index contributed by atoms with van der Waals surface area (Å²) < 4.78 is 1.99. The van der Waals surface area contributed by atoms with Crippen LogP contribution in [-0.4, -0.2) is 33.4 Å². The Morgan fingerprint density at radius 2 is 1.71 bits per heavy atom. The van der Waals surface area contributed by atoms with Gasteiger partial charge in [0.15, 0.2) is 0 Å². The lowest BCUT2D eigenvalue weighted by atomic mass is 9.86. The van der Waals surface area contributed by atoms with Crippen molar-refractivity contribution < 1.29 is 14.7 Å². The van der Waals surface area contributed by atoms with Crippen molar-refractivity contribution in [3.05, 3.63) is 83.6 Å². The predicted octanol–water partition coefficient (Wildman–Crippen LogP) is 4.50. The maximum Gasteiger partial charge on any atom is 0.306 e. The molecule has 1 heterocycles. The van der Waals surface area contributed by atoms with Crippen molar-refractivity contribution in [1.29, 1.82) is 5.41 Å². The molecule has 7 heteroatoms. The van der Waals surface area contributed by atoms with E-state index < -0.39 is 5.97 Å². The van der Waals surface area contributed by atoms with Crippen LogP contribution in [0.2, 0.25) is 0 Å². The van der Waals surface area contributed by atoms with E-state index in [0.29, 0.717) is 43.5 Å². The lowest BCUT2D eigenvalue weighted by Crippen LogP contribution is -2.39. The molecule has 1 aromatic heterocycles. The number of carbonyl (C=O) groups excluding carboxylic acids is 1. The van der Waals surface area contributed by atoms with Crippen LogP contribution in [0.1, 0.15) is 47.3 Å². The molecule has 3 aromatic carbocycles. The van der Waals surface area contributed by atoms with Crippen molar-refractivity contribution in [3.63, 3.8) is 0 Å². The molecule has 0 aliphatic heterocycles. The number of nitrogens with two attached hydrogens (primary N) is 1. The number of benzene rings is 3. The first-order chi connectivity index (χ1) is 16.9. The van der Waals surface area contributed by atoms with E-state index in [2.05, 4.69) is 29.6 Å². The number of hydrogen-bond donors (Lipinski definition) is 4. The van der Waals surface area contributed by atoms with Crippen molar-refractivity contribution in [3.8, 4) is 0 Å². The summed E-state index contributed by atoms with van der Waals surface area (Å²) in [6.07, 6.45) is 2.45. The number of aliphatic carboxylic acids is 1. The maximum atomic E-state index is 13.5. The van der Waals surface area contributed by atoms with Crippen molar-refractivity contribution >= 4 is 39.4 Å². The second-order valence-corrected chi connectivity index (χ2v) is 9.30. The van der Waals surface area contributed by atoms with Crippen LogP contribution in [0.3, 0.4) is 0 Å². The monoisotopic (exact) mass is 468 g/mol. The highest BCUT2D eigenvalue weighted by molar-refractivity contribution is 6.02. The molecule has 5 N–H and O–H groups in total. The molecule has 1 fully saturated rings. The van der Waals surface area contributed by atoms with Gasteiger partial charge in [0.1, 0.15) is 11.5 Å². The summed E-state index contributed by atoms with van der Waals surface area (Å²) in [4.78, 5) is 24.8. The van der Waals surface area contributed by atoms with Gasteiger partial charge in [-0.25, -0.2) is 0 Å². The number of hydrogen-bond acceptors (Lipinski definition) is 3. The summed E-state index contributed by atoms with van der Waals surface area (Å²) >= 11 is 0. The van der Waals surface area contributed by atoms with Gasteiger partial charge in [-0.1, -0.05) is 54.6 Å². The van der Waals surface area contributed by atoms with Gasteiger partial charge >= 0.3 is 5.97 Å². The molecule has 0 atom stereocenters. The number of nitrogens with one attached hydrogen (secondary N) is 2. The predicted molar refractivity (Wildman–Crippen MR) is 137 cm³/mol. The number of carboxylic acid groups (broad SMARTS) is 1. The van der Waals surface area contributed by atoms with Gasteiger partial charge in [0.2, 0.25) is 0 Å². The van der Waals surface area contributed by atoms with Gasteiger partial charge in [0.05, 0.1) is 5.92 Å². The summed E-state index contributed by atoms with van der Waals surface area (Å²) in [5.41, 5.74) is 8.83. The fourth-order valence-electron chi connectivity index (χ4n) is 5.13. The number of amides is 1. The second-order valence-electron chi connectivity index (χ2n) is 9.30. The van der Waals surface area contributed by atoms with Gasteiger partial charge in [0.25, 0.3) is 5.91 Å². The number of nitrogen functional groups attached to an aromatic ring is 1. The Labute approximate surface area is 203 Å². The molecule has 178 valence electrons. The topological polar surface area (TPSA) is 121 Å². The van der Waals surface area contributed by atoms with Crippen LogP contribution < -0.4 is 11.1 Å². The van der Waals surface area contributed by atoms with Crippen LogP contribution in [0.25, 0.3) is 21.7 Å². The summed E-state index contributed by atoms with van der Waals surface area (Å²) in [7, 11) is 0. The van der Waals surface area contributed by atoms with Crippen molar-refractivity contribution in [2.45, 2.75) is 38.3 Å². The molecule has 0 unspecified atom stereocenters. The Morgan fingerprint density at radius 3 is 2.46 bits per heavy atom. The fourth-order valence-corrected chi connectivity index (χ4v) is 5.13. The highest BCUT2D eigenvalue weighted by Crippen LogP contribution is 2.28. The average molecular weight is 469 g/mol. The number of fused-ring (bicyclic) bond motifs is 2. The van der Waals surface area contributed by atoms with Gasteiger partial charge in [0, 0.05) is 29.1 Å². The van der Waals surface area contributed by atoms with Gasteiger partial charge in [-0.05, 0) is 54.2 Å². The van der Waals surface area contributed by atoms with Crippen LogP contribution in [0.5, 0.6) is 0 Å². The lowest BCUT2D eigenvalue weighted by molar-refractivity contribution is -0.142. The standard InChI is InChI=1S/C28H28N4O3/c29-26(30)20-9-8-19-14-25(27(33)31-22-12-10-18(11-13-22)28(34)35)32(24(19)15-20)16-21-6-3-5-17-4-1-2-7-23(17)21/h1-9,14-15,18,22H,10-13,16H2,(H3,29,30)(H,31,33)(H,34,35)/t18-,22-. The average Bonchev–Trinajstić information content (AvgIpc) is 3.22. The first kappa shape index (κ1) is 22.7. The molecule has 1 amide bonds. The number of carbonyl (C=O) groups is 2. The van der Waals surface area contributed by atoms with Gasteiger partial charge in [-0.3, -0.25) is 15.0 Å². The summed E-state index contributed by atoms with van der Waals surface area (Å²) in [6.45, 7) is 0.487. The molecule has 0 saturated heterocycles. The van der Waals surface area contributed by atoms with Gasteiger partial charge in [-0.2, -0.15) is 0 Å². The van der Waals surface area contributed by atoms with Crippen LogP contribution in [0.4, 0.5) is 0 Å². The van der Waals surface area contributed by atoms with Crippen LogP contribution in [0, 0.1) is 11.3 Å². The fraction of sp³-hybridized carbons (Fsp3) is 0.250. The Kier molecular flexibility index (Phi) is 5.99. The van der Waals surface area contributed by atoms with Gasteiger partial charge in [-0.15, -0.1) is 0 Å². The molecule has 1 saturated carbocycles. The number of aromatic nitrogens is 1. The molecule has 0 spiro atoms. The normalized spacial score (nSPS) is 17.9. The Balaban J connectivity index is 1.52. The molecule has 1 aliphatic rings. The van der Waals surface area contributed by atoms with Crippen LogP contribution >= 0.6 is 0 Å². The number of carboxylic acids is 1.